The van der Waals surface area contributed by atoms with Crippen molar-refractivity contribution >= 4 is 10.9 Å². The van der Waals surface area contributed by atoms with Crippen molar-refractivity contribution < 1.29 is 9.47 Å². The van der Waals surface area contributed by atoms with Gasteiger partial charge in [-0.25, -0.2) is 4.98 Å². The Labute approximate surface area is 123 Å². The zero-order valence-corrected chi connectivity index (χ0v) is 12.6. The van der Waals surface area contributed by atoms with E-state index in [-0.39, 0.29) is 17.7 Å². The van der Waals surface area contributed by atoms with E-state index in [0.717, 1.165) is 16.6 Å². The predicted molar refractivity (Wildman–Crippen MR) is 80.7 cm³/mol. The number of ether oxygens (including phenoxy) is 2. The first kappa shape index (κ1) is 14.2. The number of fused-ring (bicyclic) bond motifs is 1. The van der Waals surface area contributed by atoms with Crippen molar-refractivity contribution in [3.63, 3.8) is 0 Å². The molecule has 5 nitrogen and oxygen atoms in total. The Morgan fingerprint density at radius 1 is 1.38 bits per heavy atom. The second-order valence-corrected chi connectivity index (χ2v) is 5.53. The summed E-state index contributed by atoms with van der Waals surface area (Å²) in [6.07, 6.45) is 1.54. The highest BCUT2D eigenvalue weighted by molar-refractivity contribution is 5.81. The molecular formula is C16H20N2O3. The summed E-state index contributed by atoms with van der Waals surface area (Å²) in [6.45, 7) is 7.54. The molecule has 1 aliphatic rings. The molecule has 1 saturated heterocycles. The van der Waals surface area contributed by atoms with Gasteiger partial charge in [-0.05, 0) is 38.0 Å². The molecule has 112 valence electrons. The van der Waals surface area contributed by atoms with Gasteiger partial charge in [-0.2, -0.15) is 0 Å². The van der Waals surface area contributed by atoms with Gasteiger partial charge < -0.3 is 9.47 Å². The summed E-state index contributed by atoms with van der Waals surface area (Å²) in [7, 11) is 0. The lowest BCUT2D eigenvalue weighted by molar-refractivity contribution is 0.0356. The largest absolute Gasteiger partial charge is 0.376 e. The van der Waals surface area contributed by atoms with Gasteiger partial charge in [0.25, 0.3) is 5.56 Å². The zero-order chi connectivity index (χ0) is 15.0. The fourth-order valence-electron chi connectivity index (χ4n) is 3.00. The maximum atomic E-state index is 12.8. The molecule has 0 spiro atoms. The van der Waals surface area contributed by atoms with Crippen LogP contribution in [0.15, 0.2) is 23.3 Å². The number of rotatable bonds is 3. The molecule has 2 atom stereocenters. The highest BCUT2D eigenvalue weighted by Crippen LogP contribution is 2.22. The Bertz CT molecular complexity index is 723. The van der Waals surface area contributed by atoms with E-state index < -0.39 is 0 Å². The Morgan fingerprint density at radius 3 is 2.95 bits per heavy atom. The molecular weight excluding hydrogens is 268 g/mol. The number of aromatic nitrogens is 2. The van der Waals surface area contributed by atoms with Crippen molar-refractivity contribution in [3.8, 4) is 0 Å². The van der Waals surface area contributed by atoms with Gasteiger partial charge in [0.1, 0.15) is 6.10 Å². The molecule has 0 unspecified atom stereocenters. The number of nitrogens with zero attached hydrogens (tertiary/aromatic N) is 2. The molecule has 0 amide bonds. The molecule has 0 saturated carbocycles. The van der Waals surface area contributed by atoms with E-state index in [1.54, 1.807) is 10.9 Å². The van der Waals surface area contributed by atoms with Crippen LogP contribution in [0.25, 0.3) is 10.9 Å². The lowest BCUT2D eigenvalue weighted by Crippen LogP contribution is -2.33. The van der Waals surface area contributed by atoms with Gasteiger partial charge in [0, 0.05) is 6.61 Å². The van der Waals surface area contributed by atoms with E-state index in [0.29, 0.717) is 25.2 Å². The van der Waals surface area contributed by atoms with E-state index in [1.165, 1.54) is 0 Å². The normalized spacial score (nSPS) is 22.0. The topological polar surface area (TPSA) is 53.4 Å². The van der Waals surface area contributed by atoms with Crippen LogP contribution in [-0.2, 0) is 9.47 Å². The summed E-state index contributed by atoms with van der Waals surface area (Å²) < 4.78 is 12.8. The quantitative estimate of drug-likeness (QED) is 0.866. The van der Waals surface area contributed by atoms with Crippen molar-refractivity contribution in [3.05, 3.63) is 39.9 Å². The van der Waals surface area contributed by atoms with Crippen LogP contribution in [0.2, 0.25) is 0 Å². The predicted octanol–water partition coefficient (Wildman–Crippen LogP) is 1.99. The minimum atomic E-state index is -0.102. The molecule has 3 rings (SSSR count). The first-order valence-electron chi connectivity index (χ1n) is 7.29. The Balaban J connectivity index is 2.12. The minimum Gasteiger partial charge on any atom is -0.376 e. The summed E-state index contributed by atoms with van der Waals surface area (Å²) in [5.41, 5.74) is 2.85. The SMILES string of the molecule is CCO[C@H]1COC[C@@H]1n1cnc2c(C)cc(C)cc2c1=O. The summed E-state index contributed by atoms with van der Waals surface area (Å²) >= 11 is 0. The third-order valence-electron chi connectivity index (χ3n) is 3.96. The Kier molecular flexibility index (Phi) is 3.78. The average Bonchev–Trinajstić information content (AvgIpc) is 2.88. The third kappa shape index (κ3) is 2.47. The molecule has 0 bridgehead atoms. The van der Waals surface area contributed by atoms with Crippen molar-refractivity contribution in [2.45, 2.75) is 32.9 Å². The zero-order valence-electron chi connectivity index (χ0n) is 12.6. The minimum absolute atomic E-state index is 0.0213. The lowest BCUT2D eigenvalue weighted by atomic mass is 10.1. The second-order valence-electron chi connectivity index (χ2n) is 5.53. The summed E-state index contributed by atoms with van der Waals surface area (Å²) in [6, 6.07) is 3.84. The molecule has 2 aromatic rings. The fourth-order valence-corrected chi connectivity index (χ4v) is 3.00. The molecule has 1 aliphatic heterocycles. The van der Waals surface area contributed by atoms with E-state index in [9.17, 15) is 4.79 Å². The number of hydrogen-bond acceptors (Lipinski definition) is 4. The van der Waals surface area contributed by atoms with Crippen LogP contribution in [0, 0.1) is 13.8 Å². The van der Waals surface area contributed by atoms with Crippen molar-refractivity contribution in [2.24, 2.45) is 0 Å². The second kappa shape index (κ2) is 5.58. The monoisotopic (exact) mass is 288 g/mol. The first-order valence-corrected chi connectivity index (χ1v) is 7.29. The fraction of sp³-hybridized carbons (Fsp3) is 0.500. The standard InChI is InChI=1S/C16H20N2O3/c1-4-21-14-8-20-7-13(14)18-9-17-15-11(3)5-10(2)6-12(15)16(18)19/h5-6,9,13-14H,4,7-8H2,1-3H3/t13-,14-/m0/s1. The molecule has 0 radical (unpaired) electrons. The molecule has 1 fully saturated rings. The molecule has 2 heterocycles. The van der Waals surface area contributed by atoms with Crippen LogP contribution < -0.4 is 5.56 Å². The lowest BCUT2D eigenvalue weighted by Gasteiger charge is -2.20. The molecule has 1 aromatic carbocycles. The van der Waals surface area contributed by atoms with E-state index in [4.69, 9.17) is 9.47 Å². The smallest absolute Gasteiger partial charge is 0.261 e. The van der Waals surface area contributed by atoms with Gasteiger partial charge in [0.2, 0.25) is 0 Å². The third-order valence-corrected chi connectivity index (χ3v) is 3.96. The van der Waals surface area contributed by atoms with E-state index in [2.05, 4.69) is 4.98 Å². The van der Waals surface area contributed by atoms with E-state index in [1.807, 2.05) is 32.9 Å². The van der Waals surface area contributed by atoms with Gasteiger partial charge >= 0.3 is 0 Å². The molecule has 21 heavy (non-hydrogen) atoms. The number of benzene rings is 1. The highest BCUT2D eigenvalue weighted by atomic mass is 16.5. The van der Waals surface area contributed by atoms with Gasteiger partial charge in [-0.1, -0.05) is 6.07 Å². The molecule has 0 N–H and O–H groups in total. The van der Waals surface area contributed by atoms with Crippen molar-refractivity contribution in [2.75, 3.05) is 19.8 Å². The van der Waals surface area contributed by atoms with Gasteiger partial charge in [-0.3, -0.25) is 9.36 Å². The van der Waals surface area contributed by atoms with Crippen LogP contribution in [0.4, 0.5) is 0 Å². The van der Waals surface area contributed by atoms with Crippen LogP contribution in [0.3, 0.4) is 0 Å². The van der Waals surface area contributed by atoms with Crippen LogP contribution in [-0.4, -0.2) is 35.5 Å². The van der Waals surface area contributed by atoms with Gasteiger partial charge in [0.05, 0.1) is 36.5 Å². The van der Waals surface area contributed by atoms with E-state index >= 15 is 0 Å². The molecule has 5 heteroatoms. The average molecular weight is 288 g/mol. The van der Waals surface area contributed by atoms with Gasteiger partial charge in [-0.15, -0.1) is 0 Å². The molecule has 1 aromatic heterocycles. The Hall–Kier alpha value is -1.72. The van der Waals surface area contributed by atoms with Crippen LogP contribution in [0.5, 0.6) is 0 Å². The van der Waals surface area contributed by atoms with Gasteiger partial charge in [0.15, 0.2) is 0 Å². The van der Waals surface area contributed by atoms with Crippen molar-refractivity contribution in [1.29, 1.82) is 0 Å². The first-order chi connectivity index (χ1) is 10.1. The highest BCUT2D eigenvalue weighted by Gasteiger charge is 2.31. The maximum absolute atomic E-state index is 12.8. The summed E-state index contributed by atoms with van der Waals surface area (Å²) in [5.74, 6) is 0. The number of hydrogen-bond donors (Lipinski definition) is 0. The van der Waals surface area contributed by atoms with Crippen LogP contribution in [0.1, 0.15) is 24.1 Å². The maximum Gasteiger partial charge on any atom is 0.261 e. The van der Waals surface area contributed by atoms with Crippen LogP contribution >= 0.6 is 0 Å². The number of aryl methyl sites for hydroxylation is 2. The summed E-state index contributed by atoms with van der Waals surface area (Å²) in [4.78, 5) is 17.3. The Morgan fingerprint density at radius 2 is 2.19 bits per heavy atom. The van der Waals surface area contributed by atoms with Crippen molar-refractivity contribution in [1.82, 2.24) is 9.55 Å². The molecule has 0 aliphatic carbocycles. The summed E-state index contributed by atoms with van der Waals surface area (Å²) in [5, 5.41) is 0.664.